The number of benzene rings is 1. The third-order valence-corrected chi connectivity index (χ3v) is 4.33. The molecule has 3 aromatic rings. The molecule has 0 radical (unpaired) electrons. The first kappa shape index (κ1) is 13.8. The van der Waals surface area contributed by atoms with Crippen LogP contribution >= 0.6 is 11.8 Å². The Morgan fingerprint density at radius 2 is 1.96 bits per heavy atom. The van der Waals surface area contributed by atoms with Crippen LogP contribution in [0.2, 0.25) is 0 Å². The molecule has 0 amide bonds. The van der Waals surface area contributed by atoms with Gasteiger partial charge < -0.3 is 10.2 Å². The van der Waals surface area contributed by atoms with Gasteiger partial charge in [-0.2, -0.15) is 9.78 Å². The standard InChI is InChI=1S/C15H11N5O2S/c21-12-4-3-9(6-13(12)22)11-8-23-15-18-17-14(20(15)19-11)10-2-1-5-16-7-10/h1-7,21-22H,8H2. The molecule has 1 aliphatic rings. The van der Waals surface area contributed by atoms with Gasteiger partial charge in [0.1, 0.15) is 0 Å². The first-order valence-electron chi connectivity index (χ1n) is 6.81. The molecule has 0 bridgehead atoms. The van der Waals surface area contributed by atoms with Gasteiger partial charge in [0, 0.05) is 29.3 Å². The number of aromatic hydroxyl groups is 2. The van der Waals surface area contributed by atoms with Crippen LogP contribution in [0, 0.1) is 0 Å². The smallest absolute Gasteiger partial charge is 0.212 e. The number of aromatic nitrogens is 4. The van der Waals surface area contributed by atoms with Gasteiger partial charge in [-0.1, -0.05) is 11.8 Å². The molecule has 0 saturated carbocycles. The van der Waals surface area contributed by atoms with Crippen molar-refractivity contribution in [1.82, 2.24) is 19.9 Å². The van der Waals surface area contributed by atoms with Crippen LogP contribution in [-0.2, 0) is 0 Å². The van der Waals surface area contributed by atoms with Crippen LogP contribution in [-0.4, -0.2) is 41.5 Å². The summed E-state index contributed by atoms with van der Waals surface area (Å²) in [6, 6.07) is 8.38. The van der Waals surface area contributed by atoms with E-state index in [1.54, 1.807) is 23.1 Å². The maximum atomic E-state index is 9.67. The van der Waals surface area contributed by atoms with E-state index in [0.29, 0.717) is 16.7 Å². The van der Waals surface area contributed by atoms with Crippen molar-refractivity contribution in [3.8, 4) is 22.9 Å². The van der Waals surface area contributed by atoms with Gasteiger partial charge in [-0.3, -0.25) is 4.98 Å². The van der Waals surface area contributed by atoms with Gasteiger partial charge in [0.2, 0.25) is 5.16 Å². The largest absolute Gasteiger partial charge is 0.504 e. The summed E-state index contributed by atoms with van der Waals surface area (Å²) in [4.78, 5) is 4.09. The van der Waals surface area contributed by atoms with E-state index in [1.807, 2.05) is 12.1 Å². The Bertz CT molecular complexity index is 907. The van der Waals surface area contributed by atoms with Crippen molar-refractivity contribution in [2.45, 2.75) is 5.16 Å². The van der Waals surface area contributed by atoms with Crippen molar-refractivity contribution in [1.29, 1.82) is 0 Å². The monoisotopic (exact) mass is 325 g/mol. The number of phenolic OH excluding ortho intramolecular Hbond substituents is 2. The summed E-state index contributed by atoms with van der Waals surface area (Å²) in [5.41, 5.74) is 2.33. The molecule has 0 unspecified atom stereocenters. The van der Waals surface area contributed by atoms with E-state index in [4.69, 9.17) is 0 Å². The molecule has 8 heteroatoms. The third-order valence-electron chi connectivity index (χ3n) is 3.40. The average molecular weight is 325 g/mol. The molecule has 0 aliphatic carbocycles. The van der Waals surface area contributed by atoms with E-state index in [9.17, 15) is 10.2 Å². The SMILES string of the molecule is Oc1ccc(C2=Nn3c(nnc3-c3cccnc3)SC2)cc1O. The minimum atomic E-state index is -0.169. The molecule has 3 heterocycles. The number of fused-ring (bicyclic) bond motifs is 1. The van der Waals surface area contributed by atoms with Crippen molar-refractivity contribution in [3.05, 3.63) is 48.3 Å². The van der Waals surface area contributed by atoms with Gasteiger partial charge >= 0.3 is 0 Å². The zero-order chi connectivity index (χ0) is 15.8. The summed E-state index contributed by atoms with van der Waals surface area (Å²) in [5.74, 6) is 0.895. The fourth-order valence-electron chi connectivity index (χ4n) is 2.25. The minimum Gasteiger partial charge on any atom is -0.504 e. The highest BCUT2D eigenvalue weighted by Crippen LogP contribution is 2.30. The number of hydrogen-bond acceptors (Lipinski definition) is 7. The van der Waals surface area contributed by atoms with Gasteiger partial charge in [-0.15, -0.1) is 10.2 Å². The number of nitrogens with zero attached hydrogens (tertiary/aromatic N) is 5. The van der Waals surface area contributed by atoms with Gasteiger partial charge in [0.15, 0.2) is 17.3 Å². The molecule has 2 N–H and O–H groups in total. The summed E-state index contributed by atoms with van der Waals surface area (Å²) >= 11 is 1.51. The highest BCUT2D eigenvalue weighted by molar-refractivity contribution is 7.99. The van der Waals surface area contributed by atoms with Crippen LogP contribution in [0.3, 0.4) is 0 Å². The second kappa shape index (κ2) is 5.40. The van der Waals surface area contributed by atoms with Gasteiger partial charge in [-0.05, 0) is 30.3 Å². The molecule has 0 spiro atoms. The molecule has 7 nitrogen and oxygen atoms in total. The summed E-state index contributed by atoms with van der Waals surface area (Å²) in [7, 11) is 0. The highest BCUT2D eigenvalue weighted by atomic mass is 32.2. The summed E-state index contributed by atoms with van der Waals surface area (Å²) in [5, 5.41) is 32.7. The average Bonchev–Trinajstić information content (AvgIpc) is 3.01. The number of hydrogen-bond donors (Lipinski definition) is 2. The molecule has 0 fully saturated rings. The maximum Gasteiger partial charge on any atom is 0.212 e. The zero-order valence-corrected chi connectivity index (χ0v) is 12.6. The maximum absolute atomic E-state index is 9.67. The van der Waals surface area contributed by atoms with Crippen LogP contribution in [0.15, 0.2) is 53.0 Å². The van der Waals surface area contributed by atoms with E-state index in [2.05, 4.69) is 20.3 Å². The van der Waals surface area contributed by atoms with Crippen molar-refractivity contribution < 1.29 is 10.2 Å². The molecule has 23 heavy (non-hydrogen) atoms. The Hall–Kier alpha value is -2.87. The molecule has 1 aromatic carbocycles. The second-order valence-corrected chi connectivity index (χ2v) is 5.84. The summed E-state index contributed by atoms with van der Waals surface area (Å²) in [6.45, 7) is 0. The van der Waals surface area contributed by atoms with E-state index in [0.717, 1.165) is 16.8 Å². The fraction of sp³-hybridized carbons (Fsp3) is 0.0667. The number of pyridine rings is 1. The lowest BCUT2D eigenvalue weighted by Crippen LogP contribution is -2.13. The Labute approximate surface area is 135 Å². The van der Waals surface area contributed by atoms with Crippen molar-refractivity contribution in [2.24, 2.45) is 5.10 Å². The lowest BCUT2D eigenvalue weighted by molar-refractivity contribution is 0.403. The van der Waals surface area contributed by atoms with Crippen LogP contribution in [0.4, 0.5) is 0 Å². The van der Waals surface area contributed by atoms with Gasteiger partial charge in [-0.25, -0.2) is 0 Å². The van der Waals surface area contributed by atoms with Crippen molar-refractivity contribution in [2.75, 3.05) is 5.75 Å². The number of thioether (sulfide) groups is 1. The molecule has 1 aliphatic heterocycles. The molecule has 0 saturated heterocycles. The van der Waals surface area contributed by atoms with Crippen LogP contribution in [0.5, 0.6) is 11.5 Å². The summed E-state index contributed by atoms with van der Waals surface area (Å²) in [6.07, 6.45) is 3.40. The summed E-state index contributed by atoms with van der Waals surface area (Å²) < 4.78 is 1.67. The fourth-order valence-corrected chi connectivity index (χ4v) is 3.09. The van der Waals surface area contributed by atoms with E-state index in [1.165, 1.54) is 23.9 Å². The van der Waals surface area contributed by atoms with Crippen molar-refractivity contribution in [3.63, 3.8) is 0 Å². The van der Waals surface area contributed by atoms with Crippen LogP contribution in [0.1, 0.15) is 5.56 Å². The van der Waals surface area contributed by atoms with Gasteiger partial charge in [0.05, 0.1) is 5.71 Å². The van der Waals surface area contributed by atoms with Crippen LogP contribution < -0.4 is 0 Å². The first-order chi connectivity index (χ1) is 11.2. The predicted molar refractivity (Wildman–Crippen MR) is 85.7 cm³/mol. The quantitative estimate of drug-likeness (QED) is 0.701. The first-order valence-corrected chi connectivity index (χ1v) is 7.80. The Balaban J connectivity index is 1.80. The highest BCUT2D eigenvalue weighted by Gasteiger charge is 2.21. The molecule has 2 aromatic heterocycles. The minimum absolute atomic E-state index is 0.154. The van der Waals surface area contributed by atoms with Gasteiger partial charge in [0.25, 0.3) is 0 Å². The van der Waals surface area contributed by atoms with Crippen LogP contribution in [0.25, 0.3) is 11.4 Å². The normalized spacial score (nSPS) is 13.5. The molecular weight excluding hydrogens is 314 g/mol. The Morgan fingerprint density at radius 1 is 1.04 bits per heavy atom. The Morgan fingerprint density at radius 3 is 2.74 bits per heavy atom. The number of rotatable bonds is 2. The lowest BCUT2D eigenvalue weighted by atomic mass is 10.1. The molecule has 4 rings (SSSR count). The third kappa shape index (κ3) is 2.42. The van der Waals surface area contributed by atoms with Crippen molar-refractivity contribution >= 4 is 17.5 Å². The second-order valence-electron chi connectivity index (χ2n) is 4.90. The zero-order valence-electron chi connectivity index (χ0n) is 11.8. The van der Waals surface area contributed by atoms with E-state index < -0.39 is 0 Å². The molecular formula is C15H11N5O2S. The molecule has 0 atom stereocenters. The van der Waals surface area contributed by atoms with E-state index >= 15 is 0 Å². The molecule has 114 valence electrons. The topological polar surface area (TPSA) is 96.4 Å². The number of phenols is 2. The predicted octanol–water partition coefficient (Wildman–Crippen LogP) is 2.11. The van der Waals surface area contributed by atoms with E-state index in [-0.39, 0.29) is 11.5 Å². The lowest BCUT2D eigenvalue weighted by Gasteiger charge is -2.14. The Kier molecular flexibility index (Phi) is 3.23.